The molecule has 0 aromatic carbocycles. The van der Waals surface area contributed by atoms with Crippen LogP contribution in [0.1, 0.15) is 59.3 Å². The first-order valence-electron chi connectivity index (χ1n) is 7.78. The molecule has 2 saturated carbocycles. The Labute approximate surface area is 113 Å². The van der Waals surface area contributed by atoms with Gasteiger partial charge in [-0.25, -0.2) is 0 Å². The van der Waals surface area contributed by atoms with Gasteiger partial charge in [0, 0.05) is 12.6 Å². The molecule has 0 aromatic rings. The lowest BCUT2D eigenvalue weighted by Gasteiger charge is -2.36. The van der Waals surface area contributed by atoms with Gasteiger partial charge in [0.25, 0.3) is 0 Å². The molecule has 0 spiro atoms. The molecular weight excluding hydrogens is 222 g/mol. The first kappa shape index (κ1) is 14.3. The van der Waals surface area contributed by atoms with E-state index in [2.05, 4.69) is 32.7 Å². The SMILES string of the molecule is CC1CCC(N(C)CC2CCC(C)(C)C2O)CC1. The van der Waals surface area contributed by atoms with Crippen LogP contribution in [0.2, 0.25) is 0 Å². The normalized spacial score (nSPS) is 40.3. The molecule has 18 heavy (non-hydrogen) atoms. The molecule has 2 rings (SSSR count). The van der Waals surface area contributed by atoms with Gasteiger partial charge in [-0.2, -0.15) is 0 Å². The standard InChI is InChI=1S/C16H31NO/c1-12-5-7-14(8-6-12)17(4)11-13-9-10-16(2,3)15(13)18/h12-15,18H,5-11H2,1-4H3. The molecule has 2 atom stereocenters. The van der Waals surface area contributed by atoms with E-state index < -0.39 is 0 Å². The van der Waals surface area contributed by atoms with Crippen molar-refractivity contribution in [3.05, 3.63) is 0 Å². The van der Waals surface area contributed by atoms with Gasteiger partial charge in [0.2, 0.25) is 0 Å². The first-order chi connectivity index (χ1) is 8.40. The molecule has 1 N–H and O–H groups in total. The Bertz CT molecular complexity index is 268. The third-order valence-corrected chi connectivity index (χ3v) is 5.54. The minimum Gasteiger partial charge on any atom is -0.392 e. The molecular formula is C16H31NO. The molecule has 0 radical (unpaired) electrons. The molecule has 106 valence electrons. The molecule has 2 aliphatic rings. The van der Waals surface area contributed by atoms with Gasteiger partial charge in [-0.15, -0.1) is 0 Å². The van der Waals surface area contributed by atoms with Crippen molar-refractivity contribution < 1.29 is 5.11 Å². The van der Waals surface area contributed by atoms with Crippen LogP contribution in [0.15, 0.2) is 0 Å². The molecule has 2 unspecified atom stereocenters. The largest absolute Gasteiger partial charge is 0.392 e. The lowest BCUT2D eigenvalue weighted by molar-refractivity contribution is 0.0271. The third kappa shape index (κ3) is 3.08. The molecule has 0 saturated heterocycles. The van der Waals surface area contributed by atoms with Gasteiger partial charge in [0.15, 0.2) is 0 Å². The van der Waals surface area contributed by atoms with Crippen LogP contribution < -0.4 is 0 Å². The number of hydrogen-bond donors (Lipinski definition) is 1. The summed E-state index contributed by atoms with van der Waals surface area (Å²) in [6.07, 6.45) is 7.73. The Hall–Kier alpha value is -0.0800. The minimum atomic E-state index is -0.109. The Morgan fingerprint density at radius 2 is 1.72 bits per heavy atom. The Morgan fingerprint density at radius 3 is 2.22 bits per heavy atom. The van der Waals surface area contributed by atoms with Gasteiger partial charge < -0.3 is 10.0 Å². The van der Waals surface area contributed by atoms with Gasteiger partial charge in [-0.05, 0) is 62.8 Å². The maximum absolute atomic E-state index is 10.4. The molecule has 2 fully saturated rings. The van der Waals surface area contributed by atoms with Crippen molar-refractivity contribution in [2.75, 3.05) is 13.6 Å². The van der Waals surface area contributed by atoms with Gasteiger partial charge in [0.1, 0.15) is 0 Å². The highest BCUT2D eigenvalue weighted by Gasteiger charge is 2.41. The Kier molecular flexibility index (Phi) is 4.38. The predicted molar refractivity (Wildman–Crippen MR) is 76.6 cm³/mol. The van der Waals surface area contributed by atoms with Crippen LogP contribution in [0.4, 0.5) is 0 Å². The molecule has 0 bridgehead atoms. The number of rotatable bonds is 3. The summed E-state index contributed by atoms with van der Waals surface area (Å²) in [4.78, 5) is 2.53. The lowest BCUT2D eigenvalue weighted by Crippen LogP contribution is -2.41. The Balaban J connectivity index is 1.83. The zero-order chi connectivity index (χ0) is 13.3. The van der Waals surface area contributed by atoms with Crippen molar-refractivity contribution in [3.63, 3.8) is 0 Å². The van der Waals surface area contributed by atoms with Crippen LogP contribution in [0.25, 0.3) is 0 Å². The average Bonchev–Trinajstić information content (AvgIpc) is 2.57. The number of nitrogens with zero attached hydrogens (tertiary/aromatic N) is 1. The molecule has 0 amide bonds. The van der Waals surface area contributed by atoms with E-state index in [4.69, 9.17) is 0 Å². The highest BCUT2D eigenvalue weighted by molar-refractivity contribution is 4.92. The maximum Gasteiger partial charge on any atom is 0.0631 e. The van der Waals surface area contributed by atoms with Crippen LogP contribution in [0.5, 0.6) is 0 Å². The number of aliphatic hydroxyl groups excluding tert-OH is 1. The van der Waals surface area contributed by atoms with Gasteiger partial charge in [0.05, 0.1) is 6.10 Å². The maximum atomic E-state index is 10.4. The lowest BCUT2D eigenvalue weighted by atomic mass is 9.85. The highest BCUT2D eigenvalue weighted by Crippen LogP contribution is 2.41. The molecule has 2 heteroatoms. The zero-order valence-corrected chi connectivity index (χ0v) is 12.7. The van der Waals surface area contributed by atoms with E-state index >= 15 is 0 Å². The minimum absolute atomic E-state index is 0.109. The summed E-state index contributed by atoms with van der Waals surface area (Å²) in [5, 5.41) is 10.4. The van der Waals surface area contributed by atoms with Crippen LogP contribution >= 0.6 is 0 Å². The topological polar surface area (TPSA) is 23.5 Å². The summed E-state index contributed by atoms with van der Waals surface area (Å²) in [6, 6.07) is 0.761. The predicted octanol–water partition coefficient (Wildman–Crippen LogP) is 3.29. The van der Waals surface area contributed by atoms with E-state index in [1.807, 2.05) is 0 Å². The van der Waals surface area contributed by atoms with E-state index in [1.54, 1.807) is 0 Å². The smallest absolute Gasteiger partial charge is 0.0631 e. The Morgan fingerprint density at radius 1 is 1.11 bits per heavy atom. The number of aliphatic hydroxyl groups is 1. The van der Waals surface area contributed by atoms with Crippen molar-refractivity contribution >= 4 is 0 Å². The molecule has 0 aromatic heterocycles. The van der Waals surface area contributed by atoms with Gasteiger partial charge >= 0.3 is 0 Å². The fourth-order valence-corrected chi connectivity index (χ4v) is 3.89. The summed E-state index contributed by atoms with van der Waals surface area (Å²) in [6.45, 7) is 7.88. The van der Waals surface area contributed by atoms with Crippen molar-refractivity contribution in [3.8, 4) is 0 Å². The van der Waals surface area contributed by atoms with Crippen LogP contribution in [-0.4, -0.2) is 35.7 Å². The number of hydrogen-bond acceptors (Lipinski definition) is 2. The van der Waals surface area contributed by atoms with E-state index in [9.17, 15) is 5.11 Å². The van der Waals surface area contributed by atoms with E-state index in [0.29, 0.717) is 5.92 Å². The summed E-state index contributed by atoms with van der Waals surface area (Å²) >= 11 is 0. The first-order valence-corrected chi connectivity index (χ1v) is 7.78. The van der Waals surface area contributed by atoms with Gasteiger partial charge in [-0.1, -0.05) is 20.8 Å². The van der Waals surface area contributed by atoms with Crippen LogP contribution in [-0.2, 0) is 0 Å². The third-order valence-electron chi connectivity index (χ3n) is 5.54. The monoisotopic (exact) mass is 253 g/mol. The second kappa shape index (κ2) is 5.50. The summed E-state index contributed by atoms with van der Waals surface area (Å²) in [5.41, 5.74) is 0.132. The summed E-state index contributed by atoms with van der Waals surface area (Å²) in [5.74, 6) is 1.41. The van der Waals surface area contributed by atoms with Gasteiger partial charge in [-0.3, -0.25) is 0 Å². The van der Waals surface area contributed by atoms with Crippen molar-refractivity contribution in [1.29, 1.82) is 0 Å². The van der Waals surface area contributed by atoms with E-state index in [1.165, 1.54) is 38.5 Å². The molecule has 0 aliphatic heterocycles. The van der Waals surface area contributed by atoms with E-state index in [0.717, 1.165) is 18.5 Å². The van der Waals surface area contributed by atoms with Crippen molar-refractivity contribution in [1.82, 2.24) is 4.90 Å². The highest BCUT2D eigenvalue weighted by atomic mass is 16.3. The van der Waals surface area contributed by atoms with Crippen molar-refractivity contribution in [2.45, 2.75) is 71.4 Å². The molecule has 2 aliphatic carbocycles. The zero-order valence-electron chi connectivity index (χ0n) is 12.7. The van der Waals surface area contributed by atoms with E-state index in [-0.39, 0.29) is 11.5 Å². The van der Waals surface area contributed by atoms with Crippen molar-refractivity contribution in [2.24, 2.45) is 17.3 Å². The average molecular weight is 253 g/mol. The summed E-state index contributed by atoms with van der Waals surface area (Å²) in [7, 11) is 2.26. The quantitative estimate of drug-likeness (QED) is 0.834. The fraction of sp³-hybridized carbons (Fsp3) is 1.00. The summed E-state index contributed by atoms with van der Waals surface area (Å²) < 4.78 is 0. The molecule has 2 nitrogen and oxygen atoms in total. The van der Waals surface area contributed by atoms with Crippen LogP contribution in [0, 0.1) is 17.3 Å². The fourth-order valence-electron chi connectivity index (χ4n) is 3.89. The second-order valence-electron chi connectivity index (χ2n) is 7.59. The second-order valence-corrected chi connectivity index (χ2v) is 7.59. The van der Waals surface area contributed by atoms with Crippen LogP contribution in [0.3, 0.4) is 0 Å². The molecule has 0 heterocycles.